The average molecular weight is 225 g/mol. The molecule has 0 aliphatic carbocycles. The Balaban J connectivity index is 2.41. The fraction of sp³-hybridized carbons (Fsp3) is 0.133. The van der Waals surface area contributed by atoms with E-state index in [0.29, 0.717) is 5.75 Å². The third kappa shape index (κ3) is 2.72. The fourth-order valence-corrected chi connectivity index (χ4v) is 1.65. The maximum absolute atomic E-state index is 9.74. The maximum atomic E-state index is 9.74. The number of phenols is 1. The molecule has 0 saturated carbocycles. The van der Waals surface area contributed by atoms with Crippen LogP contribution < -0.4 is 0 Å². The van der Waals surface area contributed by atoms with Crippen molar-refractivity contribution in [3.05, 3.63) is 54.4 Å². The van der Waals surface area contributed by atoms with Gasteiger partial charge >= 0.3 is 0 Å². The van der Waals surface area contributed by atoms with Crippen LogP contribution in [0.2, 0.25) is 0 Å². The minimum atomic E-state index is 0.308. The van der Waals surface area contributed by atoms with E-state index in [0.717, 1.165) is 23.1 Å². The molecule has 0 aliphatic heterocycles. The lowest BCUT2D eigenvalue weighted by Gasteiger charge is -2.04. The molecule has 0 aliphatic rings. The zero-order valence-electron chi connectivity index (χ0n) is 9.80. The van der Waals surface area contributed by atoms with E-state index in [9.17, 15) is 5.11 Å². The number of phenolic OH excluding ortho intramolecular Hbond substituents is 1. The Bertz CT molecular complexity index is 518. The van der Waals surface area contributed by atoms with Crippen molar-refractivity contribution < 1.29 is 5.11 Å². The van der Waals surface area contributed by atoms with Gasteiger partial charge in [-0.25, -0.2) is 0 Å². The standard InChI is InChI=1S/C15H15NO/c1-2-3-5-13-10-12(7-8-15(13)17)14-6-4-9-16-11-14/h3-11,17H,2H2,1H3/b5-3+. The van der Waals surface area contributed by atoms with Gasteiger partial charge in [0.15, 0.2) is 0 Å². The molecule has 2 aromatic rings. The lowest BCUT2D eigenvalue weighted by molar-refractivity contribution is 0.474. The van der Waals surface area contributed by atoms with Gasteiger partial charge in [-0.3, -0.25) is 4.98 Å². The van der Waals surface area contributed by atoms with Crippen LogP contribution in [0.3, 0.4) is 0 Å². The first-order valence-corrected chi connectivity index (χ1v) is 5.71. The molecule has 0 fully saturated rings. The Morgan fingerprint density at radius 2 is 2.12 bits per heavy atom. The molecule has 0 amide bonds. The van der Waals surface area contributed by atoms with Crippen molar-refractivity contribution in [2.24, 2.45) is 0 Å². The summed E-state index contributed by atoms with van der Waals surface area (Å²) in [5, 5.41) is 9.74. The maximum Gasteiger partial charge on any atom is 0.122 e. The van der Waals surface area contributed by atoms with Gasteiger partial charge in [-0.15, -0.1) is 0 Å². The molecule has 2 heteroatoms. The van der Waals surface area contributed by atoms with Crippen LogP contribution in [0.1, 0.15) is 18.9 Å². The zero-order valence-corrected chi connectivity index (χ0v) is 9.80. The SMILES string of the molecule is CC/C=C/c1cc(-c2cccnc2)ccc1O. The average Bonchev–Trinajstić information content (AvgIpc) is 2.39. The number of allylic oxidation sites excluding steroid dienone is 1. The molecule has 0 unspecified atom stereocenters. The van der Waals surface area contributed by atoms with Crippen LogP contribution in [0.25, 0.3) is 17.2 Å². The molecule has 17 heavy (non-hydrogen) atoms. The first-order chi connectivity index (χ1) is 8.31. The number of hydrogen-bond acceptors (Lipinski definition) is 2. The highest BCUT2D eigenvalue weighted by Gasteiger charge is 2.01. The van der Waals surface area contributed by atoms with E-state index in [4.69, 9.17) is 0 Å². The number of rotatable bonds is 3. The summed E-state index contributed by atoms with van der Waals surface area (Å²) in [4.78, 5) is 4.09. The summed E-state index contributed by atoms with van der Waals surface area (Å²) in [6, 6.07) is 9.50. The van der Waals surface area contributed by atoms with Gasteiger partial charge in [0.2, 0.25) is 0 Å². The Morgan fingerprint density at radius 1 is 1.24 bits per heavy atom. The number of pyridine rings is 1. The highest BCUT2D eigenvalue weighted by atomic mass is 16.3. The fourth-order valence-electron chi connectivity index (χ4n) is 1.65. The minimum Gasteiger partial charge on any atom is -0.507 e. The normalized spacial score (nSPS) is 10.9. The van der Waals surface area contributed by atoms with E-state index in [-0.39, 0.29) is 0 Å². The molecular weight excluding hydrogens is 210 g/mol. The molecule has 0 spiro atoms. The van der Waals surface area contributed by atoms with Gasteiger partial charge in [0.05, 0.1) is 0 Å². The van der Waals surface area contributed by atoms with E-state index in [1.807, 2.05) is 42.6 Å². The number of aromatic hydroxyl groups is 1. The topological polar surface area (TPSA) is 33.1 Å². The van der Waals surface area contributed by atoms with Crippen molar-refractivity contribution in [2.45, 2.75) is 13.3 Å². The van der Waals surface area contributed by atoms with Crippen molar-refractivity contribution in [1.29, 1.82) is 0 Å². The van der Waals surface area contributed by atoms with Crippen molar-refractivity contribution in [3.63, 3.8) is 0 Å². The quantitative estimate of drug-likeness (QED) is 0.860. The van der Waals surface area contributed by atoms with E-state index >= 15 is 0 Å². The summed E-state index contributed by atoms with van der Waals surface area (Å²) in [7, 11) is 0. The Morgan fingerprint density at radius 3 is 2.82 bits per heavy atom. The summed E-state index contributed by atoms with van der Waals surface area (Å²) in [6.07, 6.45) is 8.50. The number of nitrogens with zero attached hydrogens (tertiary/aromatic N) is 1. The van der Waals surface area contributed by atoms with Gasteiger partial charge in [-0.2, -0.15) is 0 Å². The molecular formula is C15H15NO. The van der Waals surface area contributed by atoms with Crippen LogP contribution in [0, 0.1) is 0 Å². The van der Waals surface area contributed by atoms with Crippen molar-refractivity contribution in [3.8, 4) is 16.9 Å². The Kier molecular flexibility index (Phi) is 3.55. The molecule has 1 aromatic heterocycles. The molecule has 86 valence electrons. The third-order valence-electron chi connectivity index (χ3n) is 2.56. The second-order valence-corrected chi connectivity index (χ2v) is 3.83. The number of aromatic nitrogens is 1. The van der Waals surface area contributed by atoms with Crippen molar-refractivity contribution in [2.75, 3.05) is 0 Å². The predicted molar refractivity (Wildman–Crippen MR) is 70.7 cm³/mol. The van der Waals surface area contributed by atoms with E-state index in [1.165, 1.54) is 0 Å². The van der Waals surface area contributed by atoms with Gasteiger partial charge in [-0.1, -0.05) is 31.2 Å². The molecule has 0 saturated heterocycles. The predicted octanol–water partition coefficient (Wildman–Crippen LogP) is 3.88. The van der Waals surface area contributed by atoms with E-state index in [1.54, 1.807) is 12.3 Å². The van der Waals surface area contributed by atoms with Crippen LogP contribution in [0.4, 0.5) is 0 Å². The minimum absolute atomic E-state index is 0.308. The first-order valence-electron chi connectivity index (χ1n) is 5.71. The molecule has 1 aromatic carbocycles. The molecule has 1 N–H and O–H groups in total. The van der Waals surface area contributed by atoms with Crippen LogP contribution in [0.5, 0.6) is 5.75 Å². The molecule has 0 bridgehead atoms. The van der Waals surface area contributed by atoms with E-state index in [2.05, 4.69) is 11.9 Å². The lowest BCUT2D eigenvalue weighted by atomic mass is 10.0. The third-order valence-corrected chi connectivity index (χ3v) is 2.56. The van der Waals surface area contributed by atoms with Gasteiger partial charge in [0.1, 0.15) is 5.75 Å². The molecule has 0 atom stereocenters. The second-order valence-electron chi connectivity index (χ2n) is 3.83. The van der Waals surface area contributed by atoms with Crippen molar-refractivity contribution >= 4 is 6.08 Å². The molecule has 2 rings (SSSR count). The summed E-state index contributed by atoms with van der Waals surface area (Å²) in [5.41, 5.74) is 2.96. The molecule has 2 nitrogen and oxygen atoms in total. The van der Waals surface area contributed by atoms with Gasteiger partial charge in [0.25, 0.3) is 0 Å². The summed E-state index contributed by atoms with van der Waals surface area (Å²) >= 11 is 0. The monoisotopic (exact) mass is 225 g/mol. The Labute approximate surface area is 101 Å². The van der Waals surface area contributed by atoms with Crippen LogP contribution in [-0.4, -0.2) is 10.1 Å². The van der Waals surface area contributed by atoms with Gasteiger partial charge in [0, 0.05) is 23.5 Å². The summed E-state index contributed by atoms with van der Waals surface area (Å²) in [6.45, 7) is 2.07. The largest absolute Gasteiger partial charge is 0.507 e. The second kappa shape index (κ2) is 5.30. The summed E-state index contributed by atoms with van der Waals surface area (Å²) in [5.74, 6) is 0.308. The number of benzene rings is 1. The summed E-state index contributed by atoms with van der Waals surface area (Å²) < 4.78 is 0. The van der Waals surface area contributed by atoms with Gasteiger partial charge < -0.3 is 5.11 Å². The van der Waals surface area contributed by atoms with Gasteiger partial charge in [-0.05, 0) is 30.2 Å². The lowest BCUT2D eigenvalue weighted by Crippen LogP contribution is -1.81. The first kappa shape index (κ1) is 11.4. The molecule has 0 radical (unpaired) electrons. The van der Waals surface area contributed by atoms with Crippen molar-refractivity contribution in [1.82, 2.24) is 4.98 Å². The van der Waals surface area contributed by atoms with Crippen LogP contribution in [0.15, 0.2) is 48.8 Å². The number of hydrogen-bond donors (Lipinski definition) is 1. The van der Waals surface area contributed by atoms with Crippen LogP contribution >= 0.6 is 0 Å². The smallest absolute Gasteiger partial charge is 0.122 e. The van der Waals surface area contributed by atoms with E-state index < -0.39 is 0 Å². The highest BCUT2D eigenvalue weighted by Crippen LogP contribution is 2.26. The zero-order chi connectivity index (χ0) is 12.1. The molecule has 1 heterocycles. The highest BCUT2D eigenvalue weighted by molar-refractivity contribution is 5.69. The van der Waals surface area contributed by atoms with Crippen LogP contribution in [-0.2, 0) is 0 Å². The Hall–Kier alpha value is -2.09.